The average Bonchev–Trinajstić information content (AvgIpc) is 2.71. The number of amides is 1. The van der Waals surface area contributed by atoms with Crippen molar-refractivity contribution in [3.8, 4) is 0 Å². The third-order valence-corrected chi connectivity index (χ3v) is 5.19. The number of hydrogen-bond acceptors (Lipinski definition) is 2. The van der Waals surface area contributed by atoms with Crippen LogP contribution in [0.4, 0.5) is 4.39 Å². The number of allylic oxidation sites excluding steroid dienone is 4. The Morgan fingerprint density at radius 1 is 1.31 bits per heavy atom. The summed E-state index contributed by atoms with van der Waals surface area (Å²) in [5, 5.41) is 0.890. The average molecular weight is 352 g/mol. The Bertz CT molecular complexity index is 885. The van der Waals surface area contributed by atoms with Gasteiger partial charge in [0.2, 0.25) is 0 Å². The number of para-hydroxylation sites is 1. The van der Waals surface area contributed by atoms with Crippen LogP contribution in [0.15, 0.2) is 42.5 Å². The first-order chi connectivity index (χ1) is 12.6. The number of pyridine rings is 1. The van der Waals surface area contributed by atoms with Crippen molar-refractivity contribution in [1.29, 1.82) is 0 Å². The maximum absolute atomic E-state index is 14.2. The number of rotatable bonds is 5. The van der Waals surface area contributed by atoms with Gasteiger partial charge >= 0.3 is 0 Å². The van der Waals surface area contributed by atoms with Gasteiger partial charge in [0.25, 0.3) is 5.91 Å². The van der Waals surface area contributed by atoms with Gasteiger partial charge in [0, 0.05) is 24.0 Å². The first-order valence-electron chi connectivity index (χ1n) is 9.20. The molecule has 0 aliphatic heterocycles. The van der Waals surface area contributed by atoms with Crippen LogP contribution in [0.1, 0.15) is 54.7 Å². The van der Waals surface area contributed by atoms with Gasteiger partial charge in [-0.25, -0.2) is 9.37 Å². The van der Waals surface area contributed by atoms with Crippen molar-refractivity contribution >= 4 is 22.4 Å². The SMILES string of the molecule is CCC(C)N(C)C(=O)c1nc2ccccc2c(C2=CCCC=C2)c1CF. The largest absolute Gasteiger partial charge is 0.338 e. The normalized spacial score (nSPS) is 15.0. The number of halogens is 1. The second kappa shape index (κ2) is 7.81. The van der Waals surface area contributed by atoms with Crippen LogP contribution in [0.25, 0.3) is 16.5 Å². The third-order valence-electron chi connectivity index (χ3n) is 5.19. The van der Waals surface area contributed by atoms with Crippen LogP contribution in [0, 0.1) is 0 Å². The van der Waals surface area contributed by atoms with Gasteiger partial charge < -0.3 is 4.90 Å². The number of nitrogens with zero attached hydrogens (tertiary/aromatic N) is 2. The molecule has 3 rings (SSSR count). The highest BCUT2D eigenvalue weighted by atomic mass is 19.1. The summed E-state index contributed by atoms with van der Waals surface area (Å²) in [5.41, 5.74) is 3.11. The van der Waals surface area contributed by atoms with Crippen molar-refractivity contribution in [2.45, 2.75) is 45.8 Å². The second-order valence-corrected chi connectivity index (χ2v) is 6.78. The standard InChI is InChI=1S/C22H25FN2O/c1-4-15(2)25(3)22(26)21-18(14-23)20(16-10-6-5-7-11-16)17-12-8-9-13-19(17)24-21/h6,8-13,15H,4-5,7,14H2,1-3H3. The van der Waals surface area contributed by atoms with Crippen LogP contribution < -0.4 is 0 Å². The van der Waals surface area contributed by atoms with E-state index in [1.807, 2.05) is 44.2 Å². The van der Waals surface area contributed by atoms with E-state index >= 15 is 0 Å². The van der Waals surface area contributed by atoms with Crippen molar-refractivity contribution in [2.75, 3.05) is 7.05 Å². The monoisotopic (exact) mass is 352 g/mol. The highest BCUT2D eigenvalue weighted by Gasteiger charge is 2.25. The summed E-state index contributed by atoms with van der Waals surface area (Å²) in [7, 11) is 1.76. The van der Waals surface area contributed by atoms with Gasteiger partial charge in [-0.3, -0.25) is 4.79 Å². The molecule has 1 atom stereocenters. The highest BCUT2D eigenvalue weighted by molar-refractivity contribution is 6.02. The molecule has 1 heterocycles. The lowest BCUT2D eigenvalue weighted by molar-refractivity contribution is 0.0733. The molecule has 1 unspecified atom stereocenters. The Morgan fingerprint density at radius 2 is 2.08 bits per heavy atom. The van der Waals surface area contributed by atoms with Gasteiger partial charge in [0.1, 0.15) is 12.4 Å². The molecule has 1 aliphatic carbocycles. The van der Waals surface area contributed by atoms with Crippen LogP contribution in [-0.4, -0.2) is 28.9 Å². The van der Waals surface area contributed by atoms with E-state index in [9.17, 15) is 9.18 Å². The number of aromatic nitrogens is 1. The maximum atomic E-state index is 14.2. The van der Waals surface area contributed by atoms with Crippen molar-refractivity contribution < 1.29 is 9.18 Å². The molecule has 1 aromatic heterocycles. The fraction of sp³-hybridized carbons (Fsp3) is 0.364. The van der Waals surface area contributed by atoms with Crippen LogP contribution in [0.5, 0.6) is 0 Å². The fourth-order valence-corrected chi connectivity index (χ4v) is 3.33. The molecule has 1 amide bonds. The topological polar surface area (TPSA) is 33.2 Å². The number of alkyl halides is 1. The lowest BCUT2D eigenvalue weighted by Gasteiger charge is -2.25. The molecule has 136 valence electrons. The van der Waals surface area contributed by atoms with Crippen molar-refractivity contribution in [2.24, 2.45) is 0 Å². The van der Waals surface area contributed by atoms with Gasteiger partial charge in [0.05, 0.1) is 5.52 Å². The van der Waals surface area contributed by atoms with Crippen LogP contribution in [0.3, 0.4) is 0 Å². The Labute approximate surface area is 154 Å². The third kappa shape index (κ3) is 3.28. The minimum absolute atomic E-state index is 0.0699. The second-order valence-electron chi connectivity index (χ2n) is 6.78. The Kier molecular flexibility index (Phi) is 5.50. The van der Waals surface area contributed by atoms with Gasteiger partial charge in [-0.05, 0) is 43.4 Å². The van der Waals surface area contributed by atoms with E-state index in [1.54, 1.807) is 11.9 Å². The Balaban J connectivity index is 2.26. The maximum Gasteiger partial charge on any atom is 0.272 e. The van der Waals surface area contributed by atoms with E-state index in [2.05, 4.69) is 17.1 Å². The first-order valence-corrected chi connectivity index (χ1v) is 9.20. The van der Waals surface area contributed by atoms with E-state index in [1.165, 1.54) is 0 Å². The minimum Gasteiger partial charge on any atom is -0.338 e. The van der Waals surface area contributed by atoms with Gasteiger partial charge in [-0.15, -0.1) is 0 Å². The molecule has 0 radical (unpaired) electrons. The van der Waals surface area contributed by atoms with Crippen LogP contribution in [-0.2, 0) is 6.67 Å². The van der Waals surface area contributed by atoms with E-state index in [0.29, 0.717) is 5.56 Å². The molecule has 0 spiro atoms. The molecule has 0 bridgehead atoms. The quantitative estimate of drug-likeness (QED) is 0.731. The summed E-state index contributed by atoms with van der Waals surface area (Å²) >= 11 is 0. The van der Waals surface area contributed by atoms with E-state index in [4.69, 9.17) is 0 Å². The molecule has 0 saturated heterocycles. The smallest absolute Gasteiger partial charge is 0.272 e. The predicted molar refractivity (Wildman–Crippen MR) is 105 cm³/mol. The predicted octanol–water partition coefficient (Wildman–Crippen LogP) is 5.31. The van der Waals surface area contributed by atoms with Gasteiger partial charge in [-0.1, -0.05) is 43.4 Å². The molecule has 2 aromatic rings. The summed E-state index contributed by atoms with van der Waals surface area (Å²) in [6, 6.07) is 7.72. The summed E-state index contributed by atoms with van der Waals surface area (Å²) in [4.78, 5) is 19.3. The zero-order valence-corrected chi connectivity index (χ0v) is 15.6. The molecule has 1 aromatic carbocycles. The van der Waals surface area contributed by atoms with E-state index < -0.39 is 6.67 Å². The molecule has 0 saturated carbocycles. The molecule has 0 fully saturated rings. The minimum atomic E-state index is -0.715. The fourth-order valence-electron chi connectivity index (χ4n) is 3.33. The number of carbonyl (C=O) groups excluding carboxylic acids is 1. The van der Waals surface area contributed by atoms with Gasteiger partial charge in [-0.2, -0.15) is 0 Å². The van der Waals surface area contributed by atoms with Gasteiger partial charge in [0.15, 0.2) is 0 Å². The molecule has 0 N–H and O–H groups in total. The Morgan fingerprint density at radius 3 is 2.73 bits per heavy atom. The number of carbonyl (C=O) groups is 1. The van der Waals surface area contributed by atoms with Crippen molar-refractivity contribution in [1.82, 2.24) is 9.88 Å². The Hall–Kier alpha value is -2.49. The lowest BCUT2D eigenvalue weighted by Crippen LogP contribution is -2.35. The van der Waals surface area contributed by atoms with Crippen molar-refractivity contribution in [3.05, 3.63) is 59.3 Å². The first kappa shape index (κ1) is 18.3. The molecular weight excluding hydrogens is 327 g/mol. The van der Waals surface area contributed by atoms with E-state index in [0.717, 1.165) is 41.3 Å². The highest BCUT2D eigenvalue weighted by Crippen LogP contribution is 2.33. The molecular formula is C22H25FN2O. The summed E-state index contributed by atoms with van der Waals surface area (Å²) < 4.78 is 14.2. The summed E-state index contributed by atoms with van der Waals surface area (Å²) in [5.74, 6) is -0.223. The number of benzene rings is 1. The summed E-state index contributed by atoms with van der Waals surface area (Å²) in [6.07, 6.45) is 8.98. The van der Waals surface area contributed by atoms with Crippen molar-refractivity contribution in [3.63, 3.8) is 0 Å². The summed E-state index contributed by atoms with van der Waals surface area (Å²) in [6.45, 7) is 3.30. The number of hydrogen-bond donors (Lipinski definition) is 0. The molecule has 4 heteroatoms. The molecule has 1 aliphatic rings. The van der Waals surface area contributed by atoms with Crippen LogP contribution in [0.2, 0.25) is 0 Å². The zero-order valence-electron chi connectivity index (χ0n) is 15.6. The van der Waals surface area contributed by atoms with Crippen LogP contribution >= 0.6 is 0 Å². The molecule has 3 nitrogen and oxygen atoms in total. The molecule has 26 heavy (non-hydrogen) atoms. The van der Waals surface area contributed by atoms with E-state index in [-0.39, 0.29) is 17.6 Å². The number of fused-ring (bicyclic) bond motifs is 1. The zero-order chi connectivity index (χ0) is 18.7. The lowest BCUT2D eigenvalue weighted by atomic mass is 9.91.